The highest BCUT2D eigenvalue weighted by atomic mass is 16.5. The van der Waals surface area contributed by atoms with E-state index in [0.717, 1.165) is 24.8 Å². The molecule has 1 aromatic carbocycles. The van der Waals surface area contributed by atoms with Gasteiger partial charge >= 0.3 is 0 Å². The molecule has 4 rings (SSSR count). The van der Waals surface area contributed by atoms with E-state index >= 15 is 0 Å². The molecule has 3 heterocycles. The highest BCUT2D eigenvalue weighted by Crippen LogP contribution is 2.43. The number of hydrogen-bond donors (Lipinski definition) is 0. The Labute approximate surface area is 134 Å². The Kier molecular flexibility index (Phi) is 3.69. The van der Waals surface area contributed by atoms with Gasteiger partial charge in [-0.05, 0) is 37.0 Å². The number of aromatic nitrogens is 2. The van der Waals surface area contributed by atoms with Gasteiger partial charge in [-0.2, -0.15) is 4.98 Å². The van der Waals surface area contributed by atoms with Crippen LogP contribution in [0.2, 0.25) is 0 Å². The van der Waals surface area contributed by atoms with Gasteiger partial charge in [0.15, 0.2) is 17.3 Å². The third-order valence-corrected chi connectivity index (χ3v) is 4.72. The Bertz CT molecular complexity index is 700. The van der Waals surface area contributed by atoms with Crippen LogP contribution in [0.1, 0.15) is 42.5 Å². The van der Waals surface area contributed by atoms with E-state index in [4.69, 9.17) is 18.7 Å². The second kappa shape index (κ2) is 5.85. The van der Waals surface area contributed by atoms with Gasteiger partial charge in [-0.3, -0.25) is 0 Å². The Morgan fingerprint density at radius 1 is 1.17 bits per heavy atom. The third kappa shape index (κ3) is 2.67. The van der Waals surface area contributed by atoms with E-state index in [9.17, 15) is 0 Å². The van der Waals surface area contributed by atoms with Gasteiger partial charge in [0.2, 0.25) is 5.89 Å². The molecule has 23 heavy (non-hydrogen) atoms. The van der Waals surface area contributed by atoms with Crippen molar-refractivity contribution in [3.05, 3.63) is 35.5 Å². The molecule has 122 valence electrons. The van der Waals surface area contributed by atoms with Crippen LogP contribution in [0.4, 0.5) is 0 Å². The molecule has 0 unspecified atom stereocenters. The minimum absolute atomic E-state index is 0.259. The van der Waals surface area contributed by atoms with Gasteiger partial charge < -0.3 is 18.7 Å². The molecule has 3 atom stereocenters. The smallest absolute Gasteiger partial charge is 0.232 e. The summed E-state index contributed by atoms with van der Waals surface area (Å²) in [6, 6.07) is 5.81. The third-order valence-electron chi connectivity index (χ3n) is 4.72. The van der Waals surface area contributed by atoms with Crippen LogP contribution in [0.15, 0.2) is 22.7 Å². The van der Waals surface area contributed by atoms with E-state index < -0.39 is 0 Å². The summed E-state index contributed by atoms with van der Waals surface area (Å²) in [7, 11) is 3.25. The van der Waals surface area contributed by atoms with Crippen molar-refractivity contribution in [1.82, 2.24) is 10.1 Å². The first-order valence-corrected chi connectivity index (χ1v) is 7.95. The zero-order valence-corrected chi connectivity index (χ0v) is 13.3. The van der Waals surface area contributed by atoms with Crippen LogP contribution in [0.25, 0.3) is 0 Å². The number of nitrogens with zero attached hydrogens (tertiary/aromatic N) is 2. The summed E-state index contributed by atoms with van der Waals surface area (Å²) in [6.07, 6.45) is 4.51. The van der Waals surface area contributed by atoms with Crippen LogP contribution in [0.3, 0.4) is 0 Å². The molecule has 2 aliphatic heterocycles. The Morgan fingerprint density at radius 3 is 2.74 bits per heavy atom. The van der Waals surface area contributed by atoms with E-state index in [1.54, 1.807) is 14.2 Å². The SMILES string of the molecule is COc1ccc(Cc2noc([C@@H]3C[C@H]4CC[C@@H]3O4)n2)cc1OC. The molecule has 0 spiro atoms. The normalized spacial score (nSPS) is 25.7. The van der Waals surface area contributed by atoms with E-state index in [0.29, 0.717) is 35.7 Å². The molecule has 2 saturated heterocycles. The molecule has 2 aromatic rings. The highest BCUT2D eigenvalue weighted by molar-refractivity contribution is 5.43. The van der Waals surface area contributed by atoms with Crippen molar-refractivity contribution < 1.29 is 18.7 Å². The first kappa shape index (κ1) is 14.5. The molecule has 0 saturated carbocycles. The molecular formula is C17H20N2O4. The second-order valence-electron chi connectivity index (χ2n) is 6.13. The summed E-state index contributed by atoms with van der Waals surface area (Å²) in [5.41, 5.74) is 1.05. The number of benzene rings is 1. The Morgan fingerprint density at radius 2 is 2.04 bits per heavy atom. The number of methoxy groups -OCH3 is 2. The van der Waals surface area contributed by atoms with Gasteiger partial charge in [0.05, 0.1) is 32.3 Å². The zero-order chi connectivity index (χ0) is 15.8. The quantitative estimate of drug-likeness (QED) is 0.845. The van der Waals surface area contributed by atoms with Crippen molar-refractivity contribution in [3.63, 3.8) is 0 Å². The van der Waals surface area contributed by atoms with Gasteiger partial charge in [0.25, 0.3) is 0 Å². The van der Waals surface area contributed by atoms with Crippen molar-refractivity contribution >= 4 is 0 Å². The molecule has 1 aromatic heterocycles. The largest absolute Gasteiger partial charge is 0.493 e. The monoisotopic (exact) mass is 316 g/mol. The van der Waals surface area contributed by atoms with Crippen LogP contribution in [0.5, 0.6) is 11.5 Å². The summed E-state index contributed by atoms with van der Waals surface area (Å²) in [5, 5.41) is 4.12. The average Bonchev–Trinajstić information content (AvgIpc) is 3.31. The number of fused-ring (bicyclic) bond motifs is 2. The Balaban J connectivity index is 1.49. The van der Waals surface area contributed by atoms with Crippen molar-refractivity contribution in [2.75, 3.05) is 14.2 Å². The molecule has 0 radical (unpaired) electrons. The maximum Gasteiger partial charge on any atom is 0.232 e. The van der Waals surface area contributed by atoms with Crippen molar-refractivity contribution in [3.8, 4) is 11.5 Å². The predicted octanol–water partition coefficient (Wildman–Crippen LogP) is 2.71. The molecule has 0 amide bonds. The molecule has 6 nitrogen and oxygen atoms in total. The molecule has 0 aliphatic carbocycles. The zero-order valence-electron chi connectivity index (χ0n) is 13.3. The van der Waals surface area contributed by atoms with Crippen molar-refractivity contribution in [2.45, 2.75) is 43.8 Å². The summed E-state index contributed by atoms with van der Waals surface area (Å²) in [6.45, 7) is 0. The average molecular weight is 316 g/mol. The number of rotatable bonds is 5. The summed E-state index contributed by atoms with van der Waals surface area (Å²) < 4.78 is 21.9. The molecule has 6 heteroatoms. The van der Waals surface area contributed by atoms with Gasteiger partial charge in [0, 0.05) is 6.42 Å². The highest BCUT2D eigenvalue weighted by Gasteiger charge is 2.44. The first-order valence-electron chi connectivity index (χ1n) is 7.95. The van der Waals surface area contributed by atoms with Crippen LogP contribution in [-0.2, 0) is 11.2 Å². The first-order chi connectivity index (χ1) is 11.3. The van der Waals surface area contributed by atoms with Crippen LogP contribution in [-0.4, -0.2) is 36.6 Å². The van der Waals surface area contributed by atoms with E-state index in [1.807, 2.05) is 18.2 Å². The lowest BCUT2D eigenvalue weighted by Gasteiger charge is -2.13. The molecule has 2 fully saturated rings. The van der Waals surface area contributed by atoms with E-state index in [-0.39, 0.29) is 12.0 Å². The fraction of sp³-hybridized carbons (Fsp3) is 0.529. The van der Waals surface area contributed by atoms with Gasteiger partial charge in [-0.1, -0.05) is 11.2 Å². The van der Waals surface area contributed by atoms with Crippen LogP contribution in [0, 0.1) is 0 Å². The predicted molar refractivity (Wildman–Crippen MR) is 81.9 cm³/mol. The fourth-order valence-corrected chi connectivity index (χ4v) is 3.56. The van der Waals surface area contributed by atoms with E-state index in [2.05, 4.69) is 10.1 Å². The molecular weight excluding hydrogens is 296 g/mol. The molecule has 0 N–H and O–H groups in total. The Hall–Kier alpha value is -2.08. The van der Waals surface area contributed by atoms with Gasteiger partial charge in [-0.25, -0.2) is 0 Å². The summed E-state index contributed by atoms with van der Waals surface area (Å²) in [4.78, 5) is 4.57. The summed E-state index contributed by atoms with van der Waals surface area (Å²) in [5.74, 6) is 3.09. The number of ether oxygens (including phenoxy) is 3. The molecule has 2 bridgehead atoms. The van der Waals surface area contributed by atoms with Gasteiger partial charge in [-0.15, -0.1) is 0 Å². The van der Waals surface area contributed by atoms with Crippen LogP contribution < -0.4 is 9.47 Å². The van der Waals surface area contributed by atoms with Crippen molar-refractivity contribution in [1.29, 1.82) is 0 Å². The van der Waals surface area contributed by atoms with Crippen molar-refractivity contribution in [2.24, 2.45) is 0 Å². The lowest BCUT2D eigenvalue weighted by molar-refractivity contribution is 0.0974. The fourth-order valence-electron chi connectivity index (χ4n) is 3.56. The van der Waals surface area contributed by atoms with Crippen LogP contribution >= 0.6 is 0 Å². The minimum Gasteiger partial charge on any atom is -0.493 e. The lowest BCUT2D eigenvalue weighted by Crippen LogP contribution is -2.14. The second-order valence-corrected chi connectivity index (χ2v) is 6.13. The van der Waals surface area contributed by atoms with Gasteiger partial charge in [0.1, 0.15) is 0 Å². The molecule has 2 aliphatic rings. The maximum atomic E-state index is 5.86. The summed E-state index contributed by atoms with van der Waals surface area (Å²) >= 11 is 0. The van der Waals surface area contributed by atoms with E-state index in [1.165, 1.54) is 0 Å². The number of hydrogen-bond acceptors (Lipinski definition) is 6. The standard InChI is InChI=1S/C17H20N2O4/c1-20-14-5-3-10(7-15(14)21-2)8-16-18-17(23-19-16)12-9-11-4-6-13(12)22-11/h3,5,7,11-13H,4,6,8-9H2,1-2H3/t11-,12-,13+/m1/s1. The topological polar surface area (TPSA) is 66.6 Å². The minimum atomic E-state index is 0.259. The maximum absolute atomic E-state index is 5.86. The lowest BCUT2D eigenvalue weighted by atomic mass is 9.89.